The van der Waals surface area contributed by atoms with Gasteiger partial charge in [0.15, 0.2) is 0 Å². The molecule has 2 saturated heterocycles. The maximum atomic E-state index is 12.2. The first-order valence-corrected chi connectivity index (χ1v) is 10.2. The summed E-state index contributed by atoms with van der Waals surface area (Å²) in [6.07, 6.45) is 9.01. The van der Waals surface area contributed by atoms with E-state index in [0.717, 1.165) is 30.9 Å². The van der Waals surface area contributed by atoms with Gasteiger partial charge in [0.1, 0.15) is 0 Å². The fourth-order valence-electron chi connectivity index (χ4n) is 4.11. The molecule has 0 aromatic carbocycles. The number of aromatic nitrogens is 3. The van der Waals surface area contributed by atoms with Crippen LogP contribution in [0.2, 0.25) is 0 Å². The smallest absolute Gasteiger partial charge is 0.266 e. The number of nitrogens with zero attached hydrogens (tertiary/aromatic N) is 5. The molecule has 0 amide bonds. The lowest BCUT2D eigenvalue weighted by Gasteiger charge is -2.40. The van der Waals surface area contributed by atoms with Gasteiger partial charge >= 0.3 is 0 Å². The highest BCUT2D eigenvalue weighted by Gasteiger charge is 2.27. The van der Waals surface area contributed by atoms with Gasteiger partial charge in [-0.25, -0.2) is 4.68 Å². The third kappa shape index (κ3) is 4.82. The van der Waals surface area contributed by atoms with Crippen LogP contribution in [0.3, 0.4) is 0 Å². The van der Waals surface area contributed by atoms with Crippen LogP contribution in [0.15, 0.2) is 41.5 Å². The van der Waals surface area contributed by atoms with Crippen LogP contribution in [-0.2, 0) is 6.54 Å². The van der Waals surface area contributed by atoms with Gasteiger partial charge in [-0.3, -0.25) is 9.78 Å². The van der Waals surface area contributed by atoms with E-state index in [9.17, 15) is 4.79 Å². The zero-order chi connectivity index (χ0) is 18.5. The minimum Gasteiger partial charge on any atom is -0.302 e. The Morgan fingerprint density at radius 3 is 2.48 bits per heavy atom. The van der Waals surface area contributed by atoms with E-state index < -0.39 is 0 Å². The maximum Gasteiger partial charge on any atom is 0.266 e. The van der Waals surface area contributed by atoms with Crippen LogP contribution in [0.5, 0.6) is 0 Å². The van der Waals surface area contributed by atoms with Gasteiger partial charge in [0, 0.05) is 56.1 Å². The normalized spacial score (nSPS) is 19.6. The molecule has 0 N–H and O–H groups in total. The maximum absolute atomic E-state index is 12.2. The van der Waals surface area contributed by atoms with Gasteiger partial charge in [-0.15, -0.1) is 0 Å². The molecule has 0 saturated carbocycles. The van der Waals surface area contributed by atoms with Crippen LogP contribution >= 0.6 is 0 Å². The Hall–Kier alpha value is -2.05. The molecule has 0 aliphatic carbocycles. The summed E-state index contributed by atoms with van der Waals surface area (Å²) >= 11 is 0. The summed E-state index contributed by atoms with van der Waals surface area (Å²) in [5.41, 5.74) is 1.73. The van der Waals surface area contributed by atoms with Crippen molar-refractivity contribution in [1.29, 1.82) is 0 Å². The average molecular weight is 367 g/mol. The van der Waals surface area contributed by atoms with Gasteiger partial charge in [0.25, 0.3) is 5.56 Å². The van der Waals surface area contributed by atoms with Crippen LogP contribution in [0.25, 0.3) is 11.3 Å². The first-order valence-electron chi connectivity index (χ1n) is 10.2. The Morgan fingerprint density at radius 1 is 0.963 bits per heavy atom. The van der Waals surface area contributed by atoms with Gasteiger partial charge < -0.3 is 9.80 Å². The molecule has 2 aliphatic rings. The molecule has 144 valence electrons. The minimum atomic E-state index is -0.0225. The van der Waals surface area contributed by atoms with Crippen molar-refractivity contribution in [2.45, 2.75) is 32.2 Å². The fourth-order valence-corrected chi connectivity index (χ4v) is 4.11. The lowest BCUT2D eigenvalue weighted by molar-refractivity contribution is 0.0720. The average Bonchev–Trinajstić information content (AvgIpc) is 2.94. The molecule has 4 heterocycles. The molecule has 6 nitrogen and oxygen atoms in total. The summed E-state index contributed by atoms with van der Waals surface area (Å²) < 4.78 is 1.62. The summed E-state index contributed by atoms with van der Waals surface area (Å²) in [7, 11) is 0. The molecule has 0 spiro atoms. The molecule has 0 bridgehead atoms. The van der Waals surface area contributed by atoms with Crippen LogP contribution < -0.4 is 5.56 Å². The van der Waals surface area contributed by atoms with Crippen molar-refractivity contribution in [3.05, 3.63) is 47.0 Å². The standard InChI is InChI=1S/C21H29N5O/c27-21-8-7-20(19-6-5-9-22-14-19)23-26(21)17-18-15-25(16-18)13-12-24-10-3-1-2-4-11-24/h5-9,14,18H,1-4,10-13,15-17H2. The van der Waals surface area contributed by atoms with E-state index in [1.165, 1.54) is 45.3 Å². The highest BCUT2D eigenvalue weighted by atomic mass is 16.1. The minimum absolute atomic E-state index is 0.0225. The number of pyridine rings is 1. The Balaban J connectivity index is 1.28. The van der Waals surface area contributed by atoms with Crippen LogP contribution in [0, 0.1) is 5.92 Å². The van der Waals surface area contributed by atoms with Crippen molar-refractivity contribution in [2.24, 2.45) is 5.92 Å². The molecule has 2 aliphatic heterocycles. The fraction of sp³-hybridized carbons (Fsp3) is 0.571. The van der Waals surface area contributed by atoms with E-state index in [1.54, 1.807) is 29.2 Å². The Kier molecular flexibility index (Phi) is 5.94. The quantitative estimate of drug-likeness (QED) is 0.783. The summed E-state index contributed by atoms with van der Waals surface area (Å²) in [6.45, 7) is 7.69. The molecule has 27 heavy (non-hydrogen) atoms. The largest absolute Gasteiger partial charge is 0.302 e. The van der Waals surface area contributed by atoms with Gasteiger partial charge in [0.05, 0.1) is 12.2 Å². The van der Waals surface area contributed by atoms with Crippen molar-refractivity contribution in [3.63, 3.8) is 0 Å². The molecular weight excluding hydrogens is 338 g/mol. The first-order chi connectivity index (χ1) is 13.3. The van der Waals surface area contributed by atoms with Gasteiger partial charge in [-0.1, -0.05) is 12.8 Å². The highest BCUT2D eigenvalue weighted by Crippen LogP contribution is 2.18. The zero-order valence-electron chi connectivity index (χ0n) is 16.0. The monoisotopic (exact) mass is 367 g/mol. The molecule has 0 unspecified atom stereocenters. The summed E-state index contributed by atoms with van der Waals surface area (Å²) in [4.78, 5) is 21.4. The summed E-state index contributed by atoms with van der Waals surface area (Å²) in [5, 5.41) is 4.56. The Bertz CT molecular complexity index is 777. The lowest BCUT2D eigenvalue weighted by Crippen LogP contribution is -2.51. The lowest BCUT2D eigenvalue weighted by atomic mass is 10.0. The van der Waals surface area contributed by atoms with E-state index in [1.807, 2.05) is 12.1 Å². The predicted octanol–water partition coefficient (Wildman–Crippen LogP) is 2.11. The molecule has 6 heteroatoms. The Labute approximate surface area is 160 Å². The van der Waals surface area contributed by atoms with E-state index in [2.05, 4.69) is 19.9 Å². The second-order valence-electron chi connectivity index (χ2n) is 7.86. The van der Waals surface area contributed by atoms with Crippen molar-refractivity contribution in [3.8, 4) is 11.3 Å². The second-order valence-corrected chi connectivity index (χ2v) is 7.86. The van der Waals surface area contributed by atoms with Gasteiger partial charge in [-0.05, 0) is 44.1 Å². The third-order valence-electron chi connectivity index (χ3n) is 5.72. The number of hydrogen-bond acceptors (Lipinski definition) is 5. The van der Waals surface area contributed by atoms with Crippen molar-refractivity contribution < 1.29 is 0 Å². The molecule has 2 aromatic heterocycles. The topological polar surface area (TPSA) is 54.3 Å². The van der Waals surface area contributed by atoms with Crippen molar-refractivity contribution in [1.82, 2.24) is 24.6 Å². The summed E-state index contributed by atoms with van der Waals surface area (Å²) in [5.74, 6) is 0.517. The summed E-state index contributed by atoms with van der Waals surface area (Å²) in [6, 6.07) is 7.26. The van der Waals surface area contributed by atoms with E-state index in [0.29, 0.717) is 12.5 Å². The predicted molar refractivity (Wildman–Crippen MR) is 107 cm³/mol. The second kappa shape index (κ2) is 8.76. The number of rotatable bonds is 6. The number of likely N-dealkylation sites (tertiary alicyclic amines) is 2. The van der Waals surface area contributed by atoms with Crippen LogP contribution in [0.1, 0.15) is 25.7 Å². The first kappa shape index (κ1) is 18.3. The number of hydrogen-bond donors (Lipinski definition) is 0. The van der Waals surface area contributed by atoms with E-state index >= 15 is 0 Å². The van der Waals surface area contributed by atoms with Gasteiger partial charge in [-0.2, -0.15) is 5.10 Å². The highest BCUT2D eigenvalue weighted by molar-refractivity contribution is 5.56. The van der Waals surface area contributed by atoms with E-state index in [-0.39, 0.29) is 5.56 Å². The molecule has 0 atom stereocenters. The molecule has 2 fully saturated rings. The molecule has 0 radical (unpaired) electrons. The third-order valence-corrected chi connectivity index (χ3v) is 5.72. The van der Waals surface area contributed by atoms with Crippen molar-refractivity contribution >= 4 is 0 Å². The van der Waals surface area contributed by atoms with Crippen molar-refractivity contribution in [2.75, 3.05) is 39.3 Å². The van der Waals surface area contributed by atoms with Crippen LogP contribution in [-0.4, -0.2) is 63.8 Å². The van der Waals surface area contributed by atoms with Crippen LogP contribution in [0.4, 0.5) is 0 Å². The molecule has 4 rings (SSSR count). The molecule has 2 aromatic rings. The Morgan fingerprint density at radius 2 is 1.74 bits per heavy atom. The van der Waals surface area contributed by atoms with E-state index in [4.69, 9.17) is 0 Å². The zero-order valence-corrected chi connectivity index (χ0v) is 16.0. The SMILES string of the molecule is O=c1ccc(-c2cccnc2)nn1CC1CN(CCN2CCCCCC2)C1. The molecular formula is C21H29N5O. The van der Waals surface area contributed by atoms with Gasteiger partial charge in [0.2, 0.25) is 0 Å².